The SMILES string of the molecule is CC.CCNC(=O)C(C#N)CC1CC1.Cc1ccccc1S. The molecule has 0 heterocycles. The van der Waals surface area contributed by atoms with Gasteiger partial charge in [0.2, 0.25) is 5.91 Å². The molecule has 0 saturated heterocycles. The summed E-state index contributed by atoms with van der Waals surface area (Å²) in [6.07, 6.45) is 3.14. The molecule has 22 heavy (non-hydrogen) atoms. The van der Waals surface area contributed by atoms with Crippen LogP contribution >= 0.6 is 12.6 Å². The Balaban J connectivity index is 0.000000382. The predicted molar refractivity (Wildman–Crippen MR) is 94.9 cm³/mol. The first-order valence-electron chi connectivity index (χ1n) is 8.00. The van der Waals surface area contributed by atoms with E-state index in [1.165, 1.54) is 18.4 Å². The number of thiol groups is 1. The number of carbonyl (C=O) groups is 1. The van der Waals surface area contributed by atoms with E-state index in [1.807, 2.05) is 58.0 Å². The molecular formula is C18H28N2OS. The zero-order valence-electron chi connectivity index (χ0n) is 14.1. The summed E-state index contributed by atoms with van der Waals surface area (Å²) in [7, 11) is 0. The predicted octanol–water partition coefficient (Wildman–Crippen LogP) is 4.37. The molecular weight excluding hydrogens is 292 g/mol. The van der Waals surface area contributed by atoms with E-state index < -0.39 is 5.92 Å². The van der Waals surface area contributed by atoms with E-state index in [9.17, 15) is 4.79 Å². The number of nitrogens with one attached hydrogen (secondary N) is 1. The largest absolute Gasteiger partial charge is 0.355 e. The van der Waals surface area contributed by atoms with Crippen LogP contribution in [0, 0.1) is 30.1 Å². The average molecular weight is 321 g/mol. The van der Waals surface area contributed by atoms with Gasteiger partial charge in [-0.05, 0) is 37.8 Å². The molecule has 1 N–H and O–H groups in total. The Bertz CT molecular complexity index is 457. The number of hydrogen-bond donors (Lipinski definition) is 2. The Morgan fingerprint density at radius 2 is 2.00 bits per heavy atom. The van der Waals surface area contributed by atoms with E-state index in [1.54, 1.807) is 0 Å². The average Bonchev–Trinajstić information content (AvgIpc) is 3.35. The Morgan fingerprint density at radius 3 is 2.36 bits per heavy atom. The smallest absolute Gasteiger partial charge is 0.237 e. The van der Waals surface area contributed by atoms with Crippen molar-refractivity contribution >= 4 is 18.5 Å². The molecule has 0 bridgehead atoms. The van der Waals surface area contributed by atoms with Crippen LogP contribution in [0.2, 0.25) is 0 Å². The van der Waals surface area contributed by atoms with Gasteiger partial charge in [-0.2, -0.15) is 5.26 Å². The summed E-state index contributed by atoms with van der Waals surface area (Å²) in [5, 5.41) is 11.4. The maximum atomic E-state index is 11.2. The molecule has 2 rings (SSSR count). The fraction of sp³-hybridized carbons (Fsp3) is 0.556. The summed E-state index contributed by atoms with van der Waals surface area (Å²) < 4.78 is 0. The van der Waals surface area contributed by atoms with Crippen LogP contribution in [0.25, 0.3) is 0 Å². The van der Waals surface area contributed by atoms with Crippen molar-refractivity contribution in [1.82, 2.24) is 5.32 Å². The highest BCUT2D eigenvalue weighted by Crippen LogP contribution is 2.35. The lowest BCUT2D eigenvalue weighted by atomic mass is 10.0. The quantitative estimate of drug-likeness (QED) is 0.809. The number of amides is 1. The second-order valence-corrected chi connectivity index (χ2v) is 5.52. The summed E-state index contributed by atoms with van der Waals surface area (Å²) in [4.78, 5) is 12.3. The number of rotatable bonds is 4. The topological polar surface area (TPSA) is 52.9 Å². The summed E-state index contributed by atoms with van der Waals surface area (Å²) in [6, 6.07) is 10.1. The minimum absolute atomic E-state index is 0.105. The third-order valence-corrected chi connectivity index (χ3v) is 3.71. The maximum Gasteiger partial charge on any atom is 0.237 e. The fourth-order valence-corrected chi connectivity index (χ4v) is 1.93. The molecule has 3 nitrogen and oxygen atoms in total. The molecule has 122 valence electrons. The molecule has 1 atom stereocenters. The molecule has 4 heteroatoms. The summed E-state index contributed by atoms with van der Waals surface area (Å²) in [6.45, 7) is 8.52. The molecule has 0 aliphatic heterocycles. The Morgan fingerprint density at radius 1 is 1.41 bits per heavy atom. The number of hydrogen-bond acceptors (Lipinski definition) is 3. The summed E-state index contributed by atoms with van der Waals surface area (Å²) >= 11 is 4.20. The van der Waals surface area contributed by atoms with Crippen LogP contribution < -0.4 is 5.32 Å². The minimum Gasteiger partial charge on any atom is -0.355 e. The highest BCUT2D eigenvalue weighted by Gasteiger charge is 2.28. The third kappa shape index (κ3) is 8.74. The molecule has 1 fully saturated rings. The van der Waals surface area contributed by atoms with Gasteiger partial charge in [0, 0.05) is 11.4 Å². The Labute approximate surface area is 140 Å². The van der Waals surface area contributed by atoms with Crippen LogP contribution in [0.3, 0.4) is 0 Å². The van der Waals surface area contributed by atoms with Gasteiger partial charge in [0.15, 0.2) is 0 Å². The molecule has 0 aromatic heterocycles. The van der Waals surface area contributed by atoms with Crippen LogP contribution in [0.5, 0.6) is 0 Å². The van der Waals surface area contributed by atoms with E-state index in [2.05, 4.69) is 17.9 Å². The van der Waals surface area contributed by atoms with Gasteiger partial charge in [0.25, 0.3) is 0 Å². The zero-order valence-corrected chi connectivity index (χ0v) is 15.0. The molecule has 1 aliphatic rings. The van der Waals surface area contributed by atoms with Crippen LogP contribution in [0.4, 0.5) is 0 Å². The third-order valence-electron chi connectivity index (χ3n) is 3.20. The van der Waals surface area contributed by atoms with Crippen molar-refractivity contribution in [2.24, 2.45) is 11.8 Å². The highest BCUT2D eigenvalue weighted by atomic mass is 32.1. The van der Waals surface area contributed by atoms with E-state index in [-0.39, 0.29) is 5.91 Å². The van der Waals surface area contributed by atoms with Gasteiger partial charge in [0.05, 0.1) is 6.07 Å². The zero-order chi connectivity index (χ0) is 17.0. The van der Waals surface area contributed by atoms with Crippen LogP contribution in [-0.2, 0) is 4.79 Å². The summed E-state index contributed by atoms with van der Waals surface area (Å²) in [5.74, 6) is 0.113. The van der Waals surface area contributed by atoms with Crippen LogP contribution in [0.15, 0.2) is 29.2 Å². The van der Waals surface area contributed by atoms with Crippen molar-refractivity contribution in [3.63, 3.8) is 0 Å². The first-order chi connectivity index (χ1) is 10.6. The van der Waals surface area contributed by atoms with Gasteiger partial charge >= 0.3 is 0 Å². The first kappa shape index (κ1) is 20.5. The molecule has 1 aliphatic carbocycles. The van der Waals surface area contributed by atoms with Crippen molar-refractivity contribution in [2.75, 3.05) is 6.54 Å². The van der Waals surface area contributed by atoms with Gasteiger partial charge < -0.3 is 5.32 Å². The van der Waals surface area contributed by atoms with Crippen molar-refractivity contribution in [3.05, 3.63) is 29.8 Å². The maximum absolute atomic E-state index is 11.2. The summed E-state index contributed by atoms with van der Waals surface area (Å²) in [5.41, 5.74) is 1.23. The van der Waals surface area contributed by atoms with E-state index in [4.69, 9.17) is 5.26 Å². The fourth-order valence-electron chi connectivity index (χ4n) is 1.77. The number of aryl methyl sites for hydroxylation is 1. The van der Waals surface area contributed by atoms with Crippen molar-refractivity contribution in [1.29, 1.82) is 5.26 Å². The normalized spacial score (nSPS) is 13.5. The van der Waals surface area contributed by atoms with E-state index in [0.29, 0.717) is 12.5 Å². The van der Waals surface area contributed by atoms with E-state index in [0.717, 1.165) is 11.3 Å². The van der Waals surface area contributed by atoms with Crippen molar-refractivity contribution in [2.45, 2.75) is 51.9 Å². The Kier molecular flexibility index (Phi) is 11.3. The Hall–Kier alpha value is -1.47. The van der Waals surface area contributed by atoms with Crippen molar-refractivity contribution < 1.29 is 4.79 Å². The van der Waals surface area contributed by atoms with Gasteiger partial charge in [-0.25, -0.2) is 0 Å². The van der Waals surface area contributed by atoms with Gasteiger partial charge in [-0.1, -0.05) is 44.9 Å². The molecule has 1 aromatic carbocycles. The van der Waals surface area contributed by atoms with Crippen molar-refractivity contribution in [3.8, 4) is 6.07 Å². The molecule has 1 aromatic rings. The van der Waals surface area contributed by atoms with Gasteiger partial charge in [0.1, 0.15) is 5.92 Å². The first-order valence-corrected chi connectivity index (χ1v) is 8.45. The number of nitrogens with zero attached hydrogens (tertiary/aromatic N) is 1. The second kappa shape index (κ2) is 12.1. The van der Waals surface area contributed by atoms with Gasteiger partial charge in [-0.15, -0.1) is 12.6 Å². The molecule has 0 spiro atoms. The van der Waals surface area contributed by atoms with Crippen LogP contribution in [0.1, 0.15) is 45.6 Å². The molecule has 0 radical (unpaired) electrons. The van der Waals surface area contributed by atoms with Crippen LogP contribution in [-0.4, -0.2) is 12.5 Å². The number of nitriles is 1. The second-order valence-electron chi connectivity index (χ2n) is 5.04. The van der Waals surface area contributed by atoms with E-state index >= 15 is 0 Å². The molecule has 1 amide bonds. The molecule has 1 saturated carbocycles. The minimum atomic E-state index is -0.419. The highest BCUT2D eigenvalue weighted by molar-refractivity contribution is 7.80. The number of benzene rings is 1. The monoisotopic (exact) mass is 320 g/mol. The number of carbonyl (C=O) groups excluding carboxylic acids is 1. The van der Waals surface area contributed by atoms with Gasteiger partial charge in [-0.3, -0.25) is 4.79 Å². The molecule has 1 unspecified atom stereocenters. The lowest BCUT2D eigenvalue weighted by molar-refractivity contribution is -0.123. The lowest BCUT2D eigenvalue weighted by Gasteiger charge is -2.06. The standard InChI is InChI=1S/C9H14N2O.C7H8S.C2H6/c1-2-11-9(12)8(6-10)5-7-3-4-7;1-6-4-2-3-5-7(6)8;1-2/h7-8H,2-5H2,1H3,(H,11,12);2-5,8H,1H3;1-2H3. The lowest BCUT2D eigenvalue weighted by Crippen LogP contribution is -2.29.